The molecule has 0 spiro atoms. The number of rotatable bonds is 7. The Hall–Kier alpha value is -2.93. The Morgan fingerprint density at radius 3 is 2.50 bits per heavy atom. The summed E-state index contributed by atoms with van der Waals surface area (Å²) >= 11 is 0. The van der Waals surface area contributed by atoms with Crippen LogP contribution in [0.4, 0.5) is 14.9 Å². The van der Waals surface area contributed by atoms with Crippen molar-refractivity contribution in [3.8, 4) is 0 Å². The van der Waals surface area contributed by atoms with E-state index in [9.17, 15) is 14.0 Å². The molecule has 1 aliphatic rings. The van der Waals surface area contributed by atoms with Crippen molar-refractivity contribution in [2.75, 3.05) is 45.2 Å². The molecule has 6 nitrogen and oxygen atoms in total. The molecule has 148 valence electrons. The smallest absolute Gasteiger partial charge is 0.414 e. The first kappa shape index (κ1) is 19.8. The lowest BCUT2D eigenvalue weighted by atomic mass is 10.1. The summed E-state index contributed by atoms with van der Waals surface area (Å²) in [5.41, 5.74) is 1.96. The van der Waals surface area contributed by atoms with Crippen LogP contribution < -0.4 is 4.90 Å². The number of hydrogen-bond donors (Lipinski definition) is 0. The molecule has 1 heterocycles. The molecule has 0 aromatic heterocycles. The highest BCUT2D eigenvalue weighted by molar-refractivity contribution is 5.95. The normalized spacial score (nSPS) is 13.7. The topological polar surface area (TPSA) is 53.1 Å². The van der Waals surface area contributed by atoms with Crippen LogP contribution in [0.5, 0.6) is 0 Å². The Bertz CT molecular complexity index is 839. The lowest BCUT2D eigenvalue weighted by Crippen LogP contribution is -2.36. The van der Waals surface area contributed by atoms with E-state index in [1.54, 1.807) is 41.3 Å². The van der Waals surface area contributed by atoms with Gasteiger partial charge in [-0.2, -0.15) is 0 Å². The molecule has 0 radical (unpaired) electrons. The van der Waals surface area contributed by atoms with E-state index in [2.05, 4.69) is 0 Å². The number of ether oxygens (including phenoxy) is 1. The van der Waals surface area contributed by atoms with E-state index < -0.39 is 0 Å². The molecule has 0 atom stereocenters. The third-order valence-corrected chi connectivity index (χ3v) is 4.55. The maximum Gasteiger partial charge on any atom is 0.414 e. The molecule has 3 rings (SSSR count). The van der Waals surface area contributed by atoms with E-state index in [1.165, 1.54) is 17.0 Å². The molecule has 2 aromatic rings. The van der Waals surface area contributed by atoms with E-state index in [1.807, 2.05) is 19.0 Å². The Morgan fingerprint density at radius 1 is 1.14 bits per heavy atom. The minimum Gasteiger partial charge on any atom is -0.447 e. The van der Waals surface area contributed by atoms with Crippen molar-refractivity contribution in [3.05, 3.63) is 65.5 Å². The summed E-state index contributed by atoms with van der Waals surface area (Å²) in [6, 6.07) is 13.2. The monoisotopic (exact) mass is 385 g/mol. The number of hydrogen-bond acceptors (Lipinski definition) is 4. The number of carbonyl (C=O) groups is 2. The molecule has 2 aromatic carbocycles. The van der Waals surface area contributed by atoms with Crippen LogP contribution in [0.2, 0.25) is 0 Å². The Morgan fingerprint density at radius 2 is 1.89 bits per heavy atom. The number of anilines is 1. The fourth-order valence-corrected chi connectivity index (χ4v) is 3.02. The number of likely N-dealkylation sites (N-methyl/N-ethyl adjacent to an activating group) is 1. The van der Waals surface area contributed by atoms with Gasteiger partial charge in [-0.3, -0.25) is 9.69 Å². The summed E-state index contributed by atoms with van der Waals surface area (Å²) in [7, 11) is 3.88. The molecule has 0 N–H and O–H groups in total. The predicted octanol–water partition coefficient (Wildman–Crippen LogP) is 2.99. The highest BCUT2D eigenvalue weighted by Gasteiger charge is 2.24. The zero-order valence-corrected chi connectivity index (χ0v) is 16.1. The molecule has 1 fully saturated rings. The van der Waals surface area contributed by atoms with Crippen LogP contribution in [0.15, 0.2) is 48.5 Å². The number of halogens is 1. The van der Waals surface area contributed by atoms with Crippen molar-refractivity contribution >= 4 is 17.7 Å². The summed E-state index contributed by atoms with van der Waals surface area (Å²) in [5, 5.41) is 0. The van der Waals surface area contributed by atoms with Crippen molar-refractivity contribution in [1.82, 2.24) is 9.80 Å². The molecular formula is C21H24FN3O3. The van der Waals surface area contributed by atoms with Crippen LogP contribution in [-0.2, 0) is 11.3 Å². The summed E-state index contributed by atoms with van der Waals surface area (Å²) in [6.45, 7) is 2.40. The summed E-state index contributed by atoms with van der Waals surface area (Å²) in [6.07, 6.45) is -0.377. The zero-order valence-electron chi connectivity index (χ0n) is 16.1. The fourth-order valence-electron chi connectivity index (χ4n) is 3.02. The molecule has 0 aliphatic carbocycles. The highest BCUT2D eigenvalue weighted by atomic mass is 19.1. The molecule has 0 saturated carbocycles. The number of benzene rings is 2. The third-order valence-electron chi connectivity index (χ3n) is 4.55. The van der Waals surface area contributed by atoms with Crippen LogP contribution in [-0.4, -0.2) is 62.1 Å². The van der Waals surface area contributed by atoms with Gasteiger partial charge in [0.1, 0.15) is 12.4 Å². The van der Waals surface area contributed by atoms with Gasteiger partial charge >= 0.3 is 6.09 Å². The molecule has 28 heavy (non-hydrogen) atoms. The zero-order chi connectivity index (χ0) is 20.1. The maximum atomic E-state index is 13.5. The third kappa shape index (κ3) is 4.86. The molecular weight excluding hydrogens is 361 g/mol. The molecule has 1 aliphatic heterocycles. The van der Waals surface area contributed by atoms with Crippen molar-refractivity contribution in [2.45, 2.75) is 6.54 Å². The van der Waals surface area contributed by atoms with Gasteiger partial charge in [-0.1, -0.05) is 12.1 Å². The van der Waals surface area contributed by atoms with E-state index in [-0.39, 0.29) is 17.8 Å². The summed E-state index contributed by atoms with van der Waals surface area (Å²) in [4.78, 5) is 30.0. The second-order valence-electron chi connectivity index (χ2n) is 6.97. The largest absolute Gasteiger partial charge is 0.447 e. The van der Waals surface area contributed by atoms with E-state index in [0.29, 0.717) is 44.0 Å². The van der Waals surface area contributed by atoms with E-state index in [4.69, 9.17) is 4.74 Å². The average molecular weight is 385 g/mol. The minimum atomic E-state index is -0.377. The van der Waals surface area contributed by atoms with Gasteiger partial charge in [0.25, 0.3) is 5.91 Å². The fraction of sp³-hybridized carbons (Fsp3) is 0.333. The van der Waals surface area contributed by atoms with Crippen molar-refractivity contribution in [2.24, 2.45) is 0 Å². The number of cyclic esters (lactones) is 1. The van der Waals surface area contributed by atoms with Crippen LogP contribution in [0.3, 0.4) is 0 Å². The second kappa shape index (κ2) is 8.84. The second-order valence-corrected chi connectivity index (χ2v) is 6.97. The first-order chi connectivity index (χ1) is 13.4. The summed E-state index contributed by atoms with van der Waals surface area (Å²) < 4.78 is 18.5. The van der Waals surface area contributed by atoms with Crippen LogP contribution >= 0.6 is 0 Å². The maximum absolute atomic E-state index is 13.5. The van der Waals surface area contributed by atoms with Gasteiger partial charge in [0, 0.05) is 30.9 Å². The molecule has 0 unspecified atom stereocenters. The summed E-state index contributed by atoms with van der Waals surface area (Å²) in [5.74, 6) is -0.457. The number of carbonyl (C=O) groups excluding carboxylic acids is 2. The predicted molar refractivity (Wildman–Crippen MR) is 105 cm³/mol. The Balaban J connectivity index is 1.76. The van der Waals surface area contributed by atoms with Crippen molar-refractivity contribution in [3.63, 3.8) is 0 Å². The van der Waals surface area contributed by atoms with Crippen LogP contribution in [0, 0.1) is 5.82 Å². The van der Waals surface area contributed by atoms with Crippen molar-refractivity contribution < 1.29 is 18.7 Å². The average Bonchev–Trinajstić information content (AvgIpc) is 3.10. The SMILES string of the molecule is CN(C)CCN(Cc1cccc(F)c1)C(=O)c1ccc(N2CCOC2=O)cc1. The van der Waals surface area contributed by atoms with Crippen LogP contribution in [0.25, 0.3) is 0 Å². The molecule has 7 heteroatoms. The van der Waals surface area contributed by atoms with Gasteiger partial charge in [0.2, 0.25) is 0 Å². The van der Waals surface area contributed by atoms with Crippen LogP contribution in [0.1, 0.15) is 15.9 Å². The van der Waals surface area contributed by atoms with Crippen molar-refractivity contribution in [1.29, 1.82) is 0 Å². The standard InChI is InChI=1S/C21H24FN3O3/c1-23(2)10-11-24(15-16-4-3-5-18(22)14-16)20(26)17-6-8-19(9-7-17)25-12-13-28-21(25)27/h3-9,14H,10-13,15H2,1-2H3. The first-order valence-electron chi connectivity index (χ1n) is 9.17. The van der Waals surface area contributed by atoms with Gasteiger partial charge < -0.3 is 14.5 Å². The Labute approximate surface area is 164 Å². The van der Waals surface area contributed by atoms with E-state index >= 15 is 0 Å². The minimum absolute atomic E-state index is 0.137. The van der Waals surface area contributed by atoms with Gasteiger partial charge in [0.15, 0.2) is 0 Å². The highest BCUT2D eigenvalue weighted by Crippen LogP contribution is 2.20. The lowest BCUT2D eigenvalue weighted by molar-refractivity contribution is 0.0732. The molecule has 1 saturated heterocycles. The van der Waals surface area contributed by atoms with E-state index in [0.717, 1.165) is 5.56 Å². The first-order valence-corrected chi connectivity index (χ1v) is 9.17. The van der Waals surface area contributed by atoms with Gasteiger partial charge in [0.05, 0.1) is 6.54 Å². The quantitative estimate of drug-likeness (QED) is 0.735. The number of amides is 2. The lowest BCUT2D eigenvalue weighted by Gasteiger charge is -2.25. The van der Waals surface area contributed by atoms with Gasteiger partial charge in [-0.05, 0) is 56.1 Å². The number of nitrogens with zero attached hydrogens (tertiary/aromatic N) is 3. The van der Waals surface area contributed by atoms with Gasteiger partial charge in [-0.25, -0.2) is 9.18 Å². The Kier molecular flexibility index (Phi) is 6.26. The van der Waals surface area contributed by atoms with Gasteiger partial charge in [-0.15, -0.1) is 0 Å². The molecule has 0 bridgehead atoms. The molecule has 2 amide bonds.